The van der Waals surface area contributed by atoms with E-state index in [9.17, 15) is 4.79 Å². The Hall–Kier alpha value is -2.41. The SMILES string of the molecule is CN=Cc1c(COC(N)=O)n(C2CCN(C3CCC(C(C)C)CC3)CC2)c2ncccc12. The molecule has 0 spiro atoms. The standard InChI is InChI=1S/C25H37N5O2/c1-17(2)18-6-8-19(9-7-18)29-13-10-20(11-14-29)30-23(16-32-25(26)31)22(15-27-3)21-5-4-12-28-24(21)30/h4-5,12,15,17-20H,6-11,13-14,16H2,1-3H3,(H2,26,31). The van der Waals surface area contributed by atoms with E-state index in [2.05, 4.69) is 34.4 Å². The Labute approximate surface area is 191 Å². The van der Waals surface area contributed by atoms with Gasteiger partial charge in [0.2, 0.25) is 0 Å². The zero-order valence-corrected chi connectivity index (χ0v) is 19.7. The lowest BCUT2D eigenvalue weighted by molar-refractivity contribution is 0.0875. The Morgan fingerprint density at radius 1 is 1.22 bits per heavy atom. The van der Waals surface area contributed by atoms with E-state index in [1.54, 1.807) is 7.05 Å². The van der Waals surface area contributed by atoms with Gasteiger partial charge in [-0.05, 0) is 62.5 Å². The van der Waals surface area contributed by atoms with Crippen molar-refractivity contribution in [2.45, 2.75) is 71.1 Å². The number of piperidine rings is 1. The summed E-state index contributed by atoms with van der Waals surface area (Å²) < 4.78 is 7.52. The second-order valence-corrected chi connectivity index (χ2v) is 9.68. The third-order valence-corrected chi connectivity index (χ3v) is 7.58. The molecule has 2 aromatic heterocycles. The molecule has 0 atom stereocenters. The van der Waals surface area contributed by atoms with Gasteiger partial charge >= 0.3 is 6.09 Å². The summed E-state index contributed by atoms with van der Waals surface area (Å²) in [5.41, 5.74) is 8.12. The number of aliphatic imine (C=N–C) groups is 1. The lowest BCUT2D eigenvalue weighted by atomic mass is 9.79. The van der Waals surface area contributed by atoms with Crippen LogP contribution in [-0.4, -0.2) is 52.9 Å². The van der Waals surface area contributed by atoms with E-state index in [1.807, 2.05) is 18.5 Å². The van der Waals surface area contributed by atoms with Gasteiger partial charge < -0.3 is 19.9 Å². The molecule has 1 aliphatic carbocycles. The molecule has 174 valence electrons. The maximum Gasteiger partial charge on any atom is 0.404 e. The predicted octanol–water partition coefficient (Wildman–Crippen LogP) is 4.53. The predicted molar refractivity (Wildman–Crippen MR) is 128 cm³/mol. The zero-order valence-electron chi connectivity index (χ0n) is 19.7. The Morgan fingerprint density at radius 3 is 2.56 bits per heavy atom. The fourth-order valence-electron chi connectivity index (χ4n) is 5.81. The van der Waals surface area contributed by atoms with Crippen molar-refractivity contribution in [3.05, 3.63) is 29.6 Å². The highest BCUT2D eigenvalue weighted by Crippen LogP contribution is 2.36. The van der Waals surface area contributed by atoms with Gasteiger partial charge in [0, 0.05) is 55.6 Å². The first-order chi connectivity index (χ1) is 15.5. The van der Waals surface area contributed by atoms with E-state index in [-0.39, 0.29) is 6.61 Å². The van der Waals surface area contributed by atoms with Gasteiger partial charge in [-0.15, -0.1) is 0 Å². The lowest BCUT2D eigenvalue weighted by Crippen LogP contribution is -2.44. The van der Waals surface area contributed by atoms with E-state index in [4.69, 9.17) is 15.5 Å². The fraction of sp³-hybridized carbons (Fsp3) is 0.640. The molecule has 4 rings (SSSR count). The van der Waals surface area contributed by atoms with Gasteiger partial charge in [-0.2, -0.15) is 0 Å². The van der Waals surface area contributed by atoms with Crippen molar-refractivity contribution >= 4 is 23.3 Å². The van der Waals surface area contributed by atoms with Crippen molar-refractivity contribution in [1.82, 2.24) is 14.5 Å². The maximum absolute atomic E-state index is 11.4. The van der Waals surface area contributed by atoms with Gasteiger partial charge in [0.05, 0.1) is 5.69 Å². The van der Waals surface area contributed by atoms with Crippen molar-refractivity contribution in [2.75, 3.05) is 20.1 Å². The Balaban J connectivity index is 1.54. The van der Waals surface area contributed by atoms with Crippen LogP contribution < -0.4 is 5.73 Å². The molecule has 2 fully saturated rings. The molecule has 7 heteroatoms. The molecule has 1 saturated carbocycles. The van der Waals surface area contributed by atoms with Gasteiger partial charge in [0.25, 0.3) is 0 Å². The molecular formula is C25H37N5O2. The van der Waals surface area contributed by atoms with Crippen LogP contribution in [0, 0.1) is 11.8 Å². The number of hydrogen-bond donors (Lipinski definition) is 1. The normalized spacial score (nSPS) is 23.4. The van der Waals surface area contributed by atoms with Crippen molar-refractivity contribution in [1.29, 1.82) is 0 Å². The topological polar surface area (TPSA) is 85.7 Å². The van der Waals surface area contributed by atoms with Crippen LogP contribution >= 0.6 is 0 Å². The average Bonchev–Trinajstić information content (AvgIpc) is 3.11. The minimum Gasteiger partial charge on any atom is -0.443 e. The summed E-state index contributed by atoms with van der Waals surface area (Å²) >= 11 is 0. The van der Waals surface area contributed by atoms with Crippen molar-refractivity contribution in [3.63, 3.8) is 0 Å². The summed E-state index contributed by atoms with van der Waals surface area (Å²) in [4.78, 5) is 23.0. The van der Waals surface area contributed by atoms with Crippen LogP contribution in [0.1, 0.15) is 69.7 Å². The van der Waals surface area contributed by atoms with E-state index in [0.717, 1.165) is 66.1 Å². The minimum absolute atomic E-state index is 0.131. The van der Waals surface area contributed by atoms with Gasteiger partial charge in [0.1, 0.15) is 12.3 Å². The third-order valence-electron chi connectivity index (χ3n) is 7.58. The first-order valence-corrected chi connectivity index (χ1v) is 12.1. The molecule has 7 nitrogen and oxygen atoms in total. The Morgan fingerprint density at radius 2 is 1.94 bits per heavy atom. The van der Waals surface area contributed by atoms with Crippen LogP contribution in [0.5, 0.6) is 0 Å². The number of primary amides is 1. The molecule has 1 saturated heterocycles. The summed E-state index contributed by atoms with van der Waals surface area (Å²) in [6, 6.07) is 5.05. The quantitative estimate of drug-likeness (QED) is 0.670. The number of fused-ring (bicyclic) bond motifs is 1. The number of rotatable bonds is 6. The average molecular weight is 440 g/mol. The lowest BCUT2D eigenvalue weighted by Gasteiger charge is -2.42. The highest BCUT2D eigenvalue weighted by Gasteiger charge is 2.32. The number of nitrogens with zero attached hydrogens (tertiary/aromatic N) is 4. The molecule has 0 unspecified atom stereocenters. The Kier molecular flexibility index (Phi) is 7.13. The van der Waals surface area contributed by atoms with Crippen LogP contribution in [0.4, 0.5) is 4.79 Å². The number of carbonyl (C=O) groups excluding carboxylic acids is 1. The summed E-state index contributed by atoms with van der Waals surface area (Å²) in [6.45, 7) is 7.06. The van der Waals surface area contributed by atoms with E-state index < -0.39 is 6.09 Å². The summed E-state index contributed by atoms with van der Waals surface area (Å²) in [5.74, 6) is 1.70. The van der Waals surface area contributed by atoms with Crippen LogP contribution in [0.3, 0.4) is 0 Å². The monoisotopic (exact) mass is 439 g/mol. The van der Waals surface area contributed by atoms with Crippen LogP contribution in [-0.2, 0) is 11.3 Å². The second-order valence-electron chi connectivity index (χ2n) is 9.68. The molecule has 1 amide bonds. The fourth-order valence-corrected chi connectivity index (χ4v) is 5.81. The number of nitrogens with two attached hydrogens (primary N) is 1. The molecule has 0 bridgehead atoms. The van der Waals surface area contributed by atoms with Crippen molar-refractivity contribution in [3.8, 4) is 0 Å². The first kappa shape index (κ1) is 22.8. The van der Waals surface area contributed by atoms with Gasteiger partial charge in [0.15, 0.2) is 0 Å². The summed E-state index contributed by atoms with van der Waals surface area (Å²) in [7, 11) is 1.75. The minimum atomic E-state index is -0.763. The van der Waals surface area contributed by atoms with Gasteiger partial charge in [-0.25, -0.2) is 9.78 Å². The van der Waals surface area contributed by atoms with Gasteiger partial charge in [-0.3, -0.25) is 4.99 Å². The molecule has 0 radical (unpaired) electrons. The molecule has 32 heavy (non-hydrogen) atoms. The van der Waals surface area contributed by atoms with E-state index >= 15 is 0 Å². The second kappa shape index (κ2) is 10.0. The molecule has 3 heterocycles. The summed E-state index contributed by atoms with van der Waals surface area (Å²) in [6.07, 6.45) is 10.4. The number of amides is 1. The number of likely N-dealkylation sites (tertiary alicyclic amines) is 1. The maximum atomic E-state index is 11.4. The van der Waals surface area contributed by atoms with Crippen LogP contribution in [0.2, 0.25) is 0 Å². The number of hydrogen-bond acceptors (Lipinski definition) is 5. The Bertz CT molecular complexity index is 951. The van der Waals surface area contributed by atoms with Crippen LogP contribution in [0.25, 0.3) is 11.0 Å². The molecule has 2 aliphatic rings. The number of pyridine rings is 1. The van der Waals surface area contributed by atoms with Crippen molar-refractivity contribution < 1.29 is 9.53 Å². The molecule has 0 aromatic carbocycles. The summed E-state index contributed by atoms with van der Waals surface area (Å²) in [5, 5.41) is 1.04. The smallest absolute Gasteiger partial charge is 0.404 e. The van der Waals surface area contributed by atoms with Gasteiger partial charge in [-0.1, -0.05) is 13.8 Å². The number of carbonyl (C=O) groups is 1. The molecular weight excluding hydrogens is 402 g/mol. The van der Waals surface area contributed by atoms with E-state index in [0.29, 0.717) is 6.04 Å². The first-order valence-electron chi connectivity index (χ1n) is 12.1. The molecule has 2 aromatic rings. The largest absolute Gasteiger partial charge is 0.443 e. The van der Waals surface area contributed by atoms with E-state index in [1.165, 1.54) is 25.7 Å². The zero-order chi connectivity index (χ0) is 22.7. The number of ether oxygens (including phenoxy) is 1. The van der Waals surface area contributed by atoms with Crippen molar-refractivity contribution in [2.24, 2.45) is 22.6 Å². The van der Waals surface area contributed by atoms with Crippen LogP contribution in [0.15, 0.2) is 23.3 Å². The highest BCUT2D eigenvalue weighted by atomic mass is 16.5. The third kappa shape index (κ3) is 4.68. The highest BCUT2D eigenvalue weighted by molar-refractivity contribution is 6.00. The number of aromatic nitrogens is 2. The molecule has 1 aliphatic heterocycles. The molecule has 2 N–H and O–H groups in total.